The van der Waals surface area contributed by atoms with Crippen LogP contribution in [-0.4, -0.2) is 47.9 Å². The van der Waals surface area contributed by atoms with E-state index in [1.807, 2.05) is 12.1 Å². The molecule has 1 aromatic heterocycles. The normalized spacial score (nSPS) is 17.4. The molecule has 0 aliphatic carbocycles. The second-order valence-corrected chi connectivity index (χ2v) is 7.12. The van der Waals surface area contributed by atoms with Crippen molar-refractivity contribution in [3.63, 3.8) is 0 Å². The van der Waals surface area contributed by atoms with Gasteiger partial charge >= 0.3 is 0 Å². The van der Waals surface area contributed by atoms with E-state index in [0.717, 1.165) is 48.6 Å². The lowest BCUT2D eigenvalue weighted by Gasteiger charge is -2.35. The Morgan fingerprint density at radius 3 is 2.52 bits per heavy atom. The summed E-state index contributed by atoms with van der Waals surface area (Å²) in [6.45, 7) is 4.15. The van der Waals surface area contributed by atoms with Gasteiger partial charge in [0.2, 0.25) is 0 Å². The molecule has 1 fully saturated rings. The minimum atomic E-state index is 0.561. The van der Waals surface area contributed by atoms with Crippen molar-refractivity contribution in [3.8, 4) is 5.69 Å². The topological polar surface area (TPSA) is 23.8 Å². The number of likely N-dealkylation sites (N-methyl/N-ethyl adjacent to an activating group) is 1. The Bertz CT molecular complexity index is 996. The summed E-state index contributed by atoms with van der Waals surface area (Å²) in [6.07, 6.45) is 2.12. The first-order valence-corrected chi connectivity index (χ1v) is 9.02. The third kappa shape index (κ3) is 2.29. The minimum absolute atomic E-state index is 0.561. The predicted octanol–water partition coefficient (Wildman–Crippen LogP) is 4.01. The van der Waals surface area contributed by atoms with Gasteiger partial charge in [0.05, 0.1) is 16.9 Å². The van der Waals surface area contributed by atoms with Crippen molar-refractivity contribution in [2.75, 3.05) is 38.1 Å². The fourth-order valence-corrected chi connectivity index (χ4v) is 4.09. The Kier molecular flexibility index (Phi) is 3.37. The van der Waals surface area contributed by atoms with Gasteiger partial charge in [-0.25, -0.2) is 4.99 Å². The lowest BCUT2D eigenvalue weighted by atomic mass is 10.1. The second kappa shape index (κ2) is 5.61. The minimum Gasteiger partial charge on any atom is -0.367 e. The molecule has 2 aromatic carbocycles. The van der Waals surface area contributed by atoms with Gasteiger partial charge in [-0.3, -0.25) is 0 Å². The average molecular weight is 351 g/mol. The van der Waals surface area contributed by atoms with Gasteiger partial charge in [0, 0.05) is 43.3 Å². The molecular weight excluding hydrogens is 332 g/mol. The van der Waals surface area contributed by atoms with Crippen molar-refractivity contribution in [2.45, 2.75) is 0 Å². The Balaban J connectivity index is 1.74. The van der Waals surface area contributed by atoms with Gasteiger partial charge < -0.3 is 14.4 Å². The molecule has 0 amide bonds. The number of piperazine rings is 1. The van der Waals surface area contributed by atoms with Crippen LogP contribution in [0.5, 0.6) is 0 Å². The molecule has 0 saturated carbocycles. The van der Waals surface area contributed by atoms with Crippen LogP contribution in [0, 0.1) is 0 Å². The molecule has 25 heavy (non-hydrogen) atoms. The maximum Gasteiger partial charge on any atom is 0.139 e. The summed E-state index contributed by atoms with van der Waals surface area (Å²) in [5.74, 6) is 0. The molecule has 2 aliphatic rings. The molecule has 4 nitrogen and oxygen atoms in total. The van der Waals surface area contributed by atoms with Gasteiger partial charge in [0.15, 0.2) is 0 Å². The van der Waals surface area contributed by atoms with Crippen LogP contribution in [-0.2, 0) is 0 Å². The molecule has 5 rings (SSSR count). The number of aromatic nitrogens is 1. The highest BCUT2D eigenvalue weighted by Gasteiger charge is 2.23. The van der Waals surface area contributed by atoms with Crippen molar-refractivity contribution in [1.29, 1.82) is 0 Å². The van der Waals surface area contributed by atoms with Crippen LogP contribution < -0.4 is 4.90 Å². The first-order valence-electron chi connectivity index (χ1n) is 8.64. The largest absolute Gasteiger partial charge is 0.367 e. The quantitative estimate of drug-likeness (QED) is 0.662. The van der Waals surface area contributed by atoms with Crippen LogP contribution in [0.3, 0.4) is 0 Å². The van der Waals surface area contributed by atoms with Crippen molar-refractivity contribution >= 4 is 39.0 Å². The number of anilines is 1. The van der Waals surface area contributed by atoms with Gasteiger partial charge in [-0.2, -0.15) is 0 Å². The van der Waals surface area contributed by atoms with Crippen LogP contribution in [0.1, 0.15) is 5.56 Å². The molecule has 0 N–H and O–H groups in total. The first kappa shape index (κ1) is 15.0. The third-order valence-electron chi connectivity index (χ3n) is 5.24. The van der Waals surface area contributed by atoms with Crippen LogP contribution in [0.2, 0.25) is 0 Å². The van der Waals surface area contributed by atoms with Gasteiger partial charge in [-0.15, -0.1) is 0 Å². The predicted molar refractivity (Wildman–Crippen MR) is 105 cm³/mol. The monoisotopic (exact) mass is 350 g/mol. The van der Waals surface area contributed by atoms with E-state index in [0.29, 0.717) is 5.17 Å². The Morgan fingerprint density at radius 2 is 1.68 bits per heavy atom. The van der Waals surface area contributed by atoms with E-state index < -0.39 is 0 Å². The highest BCUT2D eigenvalue weighted by atomic mass is 35.5. The van der Waals surface area contributed by atoms with Crippen LogP contribution >= 0.6 is 11.6 Å². The highest BCUT2D eigenvalue weighted by molar-refractivity contribution is 6.70. The van der Waals surface area contributed by atoms with E-state index in [-0.39, 0.29) is 0 Å². The van der Waals surface area contributed by atoms with Crippen molar-refractivity contribution in [3.05, 3.63) is 54.2 Å². The highest BCUT2D eigenvalue weighted by Crippen LogP contribution is 2.40. The lowest BCUT2D eigenvalue weighted by Crippen LogP contribution is -2.44. The summed E-state index contributed by atoms with van der Waals surface area (Å²) in [5, 5.41) is 1.74. The zero-order valence-electron chi connectivity index (χ0n) is 14.1. The Hall–Kier alpha value is -2.30. The van der Waals surface area contributed by atoms with E-state index in [2.05, 4.69) is 57.9 Å². The number of rotatable bonds is 1. The molecule has 0 spiro atoms. The number of benzene rings is 2. The van der Waals surface area contributed by atoms with Gasteiger partial charge in [0.1, 0.15) is 10.9 Å². The smallest absolute Gasteiger partial charge is 0.139 e. The Labute approximate surface area is 151 Å². The van der Waals surface area contributed by atoms with Crippen molar-refractivity contribution in [1.82, 2.24) is 9.47 Å². The van der Waals surface area contributed by atoms with Gasteiger partial charge in [-0.05, 0) is 31.3 Å². The van der Waals surface area contributed by atoms with Crippen LogP contribution in [0.4, 0.5) is 11.4 Å². The maximum absolute atomic E-state index is 6.65. The van der Waals surface area contributed by atoms with E-state index in [1.54, 1.807) is 0 Å². The summed E-state index contributed by atoms with van der Waals surface area (Å²) in [7, 11) is 2.17. The average Bonchev–Trinajstić information content (AvgIpc) is 3.01. The molecule has 0 radical (unpaired) electrons. The van der Waals surface area contributed by atoms with Crippen LogP contribution in [0.15, 0.2) is 53.7 Å². The molecule has 126 valence electrons. The lowest BCUT2D eigenvalue weighted by molar-refractivity contribution is 0.313. The van der Waals surface area contributed by atoms with Crippen molar-refractivity contribution in [2.24, 2.45) is 4.99 Å². The van der Waals surface area contributed by atoms with E-state index in [1.165, 1.54) is 11.1 Å². The van der Waals surface area contributed by atoms with Crippen LogP contribution in [0.25, 0.3) is 16.6 Å². The molecule has 0 unspecified atom stereocenters. The number of hydrogen-bond donors (Lipinski definition) is 0. The molecule has 1 saturated heterocycles. The summed E-state index contributed by atoms with van der Waals surface area (Å²) in [5.41, 5.74) is 5.34. The summed E-state index contributed by atoms with van der Waals surface area (Å²) in [6, 6.07) is 14.8. The molecule has 0 atom stereocenters. The van der Waals surface area contributed by atoms with Gasteiger partial charge in [0.25, 0.3) is 0 Å². The summed E-state index contributed by atoms with van der Waals surface area (Å²) < 4.78 is 2.22. The van der Waals surface area contributed by atoms with Crippen molar-refractivity contribution < 1.29 is 0 Å². The second-order valence-electron chi connectivity index (χ2n) is 6.77. The molecular formula is C20H19ClN4. The number of nitrogens with zero attached hydrogens (tertiary/aromatic N) is 4. The zero-order valence-corrected chi connectivity index (χ0v) is 14.9. The van der Waals surface area contributed by atoms with E-state index in [9.17, 15) is 0 Å². The number of halogens is 1. The molecule has 3 aromatic rings. The summed E-state index contributed by atoms with van der Waals surface area (Å²) in [4.78, 5) is 9.63. The van der Waals surface area contributed by atoms with E-state index in [4.69, 9.17) is 16.6 Å². The fraction of sp³-hybridized carbons (Fsp3) is 0.250. The molecule has 0 bridgehead atoms. The Morgan fingerprint density at radius 1 is 0.920 bits per heavy atom. The van der Waals surface area contributed by atoms with E-state index >= 15 is 0 Å². The standard InChI is InChI=1S/C20H19ClN4/c1-23-10-12-24(13-11-23)16-6-3-7-17-18(16)22-20(21)15-5-2-4-14-8-9-25(17)19(14)15/h2-9H,10-13H2,1H3. The number of fused-ring (bicyclic) bond motifs is 2. The molecule has 5 heteroatoms. The number of hydrogen-bond acceptors (Lipinski definition) is 3. The molecule has 2 aliphatic heterocycles. The third-order valence-corrected chi connectivity index (χ3v) is 5.53. The summed E-state index contributed by atoms with van der Waals surface area (Å²) >= 11 is 6.65. The maximum atomic E-state index is 6.65. The molecule has 3 heterocycles. The zero-order chi connectivity index (χ0) is 17.0. The number of para-hydroxylation sites is 2. The number of aliphatic imine (C=N–C) groups is 1. The van der Waals surface area contributed by atoms with Gasteiger partial charge in [-0.1, -0.05) is 29.8 Å². The fourth-order valence-electron chi connectivity index (χ4n) is 3.85. The first-order chi connectivity index (χ1) is 12.2. The SMILES string of the molecule is CN1CCN(c2cccc3c2N=C(Cl)c2cccc4ccn-3c24)CC1.